The van der Waals surface area contributed by atoms with E-state index in [0.29, 0.717) is 23.2 Å². The van der Waals surface area contributed by atoms with Crippen LogP contribution in [0.5, 0.6) is 0 Å². The van der Waals surface area contributed by atoms with Crippen LogP contribution in [0.4, 0.5) is 5.69 Å². The van der Waals surface area contributed by atoms with Crippen molar-refractivity contribution in [3.05, 3.63) is 40.3 Å². The fourth-order valence-corrected chi connectivity index (χ4v) is 2.15. The highest BCUT2D eigenvalue weighted by Crippen LogP contribution is 2.43. The monoisotopic (exact) mass is 274 g/mol. The van der Waals surface area contributed by atoms with E-state index in [1.54, 1.807) is 12.1 Å². The molecule has 1 aliphatic carbocycles. The lowest BCUT2D eigenvalue weighted by Crippen LogP contribution is -2.35. The highest BCUT2D eigenvalue weighted by molar-refractivity contribution is 5.56. The summed E-state index contributed by atoms with van der Waals surface area (Å²) in [5.74, 6) is 1.19. The molecule has 3 rings (SSSR count). The zero-order chi connectivity index (χ0) is 14.3. The van der Waals surface area contributed by atoms with Gasteiger partial charge in [-0.15, -0.1) is 0 Å². The van der Waals surface area contributed by atoms with Crippen LogP contribution in [-0.2, 0) is 5.54 Å². The molecule has 0 radical (unpaired) electrons. The molecule has 0 spiro atoms. The van der Waals surface area contributed by atoms with E-state index < -0.39 is 10.5 Å². The van der Waals surface area contributed by atoms with Gasteiger partial charge in [-0.1, -0.05) is 5.16 Å². The third-order valence-corrected chi connectivity index (χ3v) is 3.65. The number of benzene rings is 1. The molecule has 2 N–H and O–H groups in total. The Bertz CT molecular complexity index is 644. The van der Waals surface area contributed by atoms with Crippen LogP contribution in [0.3, 0.4) is 0 Å². The van der Waals surface area contributed by atoms with Gasteiger partial charge in [-0.25, -0.2) is 0 Å². The molecule has 7 nitrogen and oxygen atoms in total. The smallest absolute Gasteiger partial charge is 0.269 e. The number of nitro groups is 1. The molecule has 1 aliphatic rings. The average Bonchev–Trinajstić information content (AvgIpc) is 3.17. The van der Waals surface area contributed by atoms with Gasteiger partial charge in [0.05, 0.1) is 10.5 Å². The second-order valence-electron chi connectivity index (χ2n) is 5.28. The number of nitrogens with two attached hydrogens (primary N) is 1. The molecule has 20 heavy (non-hydrogen) atoms. The van der Waals surface area contributed by atoms with E-state index in [1.807, 2.05) is 6.92 Å². The summed E-state index contributed by atoms with van der Waals surface area (Å²) in [7, 11) is 0. The van der Waals surface area contributed by atoms with Crippen molar-refractivity contribution in [2.24, 2.45) is 11.7 Å². The van der Waals surface area contributed by atoms with Crippen LogP contribution in [0, 0.1) is 16.0 Å². The Morgan fingerprint density at radius 1 is 1.40 bits per heavy atom. The van der Waals surface area contributed by atoms with Crippen molar-refractivity contribution < 1.29 is 9.45 Å². The molecular weight excluding hydrogens is 260 g/mol. The van der Waals surface area contributed by atoms with Crippen LogP contribution in [0.2, 0.25) is 0 Å². The Kier molecular flexibility index (Phi) is 2.79. The minimum absolute atomic E-state index is 0.0270. The maximum Gasteiger partial charge on any atom is 0.269 e. The van der Waals surface area contributed by atoms with Gasteiger partial charge in [0.2, 0.25) is 11.7 Å². The summed E-state index contributed by atoms with van der Waals surface area (Å²) in [5, 5.41) is 14.5. The maximum atomic E-state index is 10.6. The Morgan fingerprint density at radius 3 is 2.60 bits per heavy atom. The van der Waals surface area contributed by atoms with Gasteiger partial charge in [0.15, 0.2) is 0 Å². The molecule has 1 aromatic carbocycles. The van der Waals surface area contributed by atoms with Crippen LogP contribution in [0.25, 0.3) is 11.4 Å². The molecule has 0 amide bonds. The van der Waals surface area contributed by atoms with Gasteiger partial charge in [-0.2, -0.15) is 4.98 Å². The standard InChI is InChI=1S/C13H14N4O3/c1-13(14,9-4-5-9)12-15-11(16-20-12)8-2-6-10(7-3-8)17(18)19/h2-3,6-7,9H,4-5,14H2,1H3. The lowest BCUT2D eigenvalue weighted by molar-refractivity contribution is -0.384. The number of nitro benzene ring substituents is 1. The number of hydrogen-bond donors (Lipinski definition) is 1. The van der Waals surface area contributed by atoms with E-state index in [-0.39, 0.29) is 5.69 Å². The molecule has 0 aliphatic heterocycles. The molecular formula is C13H14N4O3. The molecule has 7 heteroatoms. The molecule has 1 fully saturated rings. The number of nitrogens with zero attached hydrogens (tertiary/aromatic N) is 3. The first-order chi connectivity index (χ1) is 9.48. The second-order valence-corrected chi connectivity index (χ2v) is 5.28. The van der Waals surface area contributed by atoms with Gasteiger partial charge < -0.3 is 10.3 Å². The largest absolute Gasteiger partial charge is 0.337 e. The molecule has 0 bridgehead atoms. The predicted molar refractivity (Wildman–Crippen MR) is 70.7 cm³/mol. The normalized spacial score (nSPS) is 17.7. The summed E-state index contributed by atoms with van der Waals surface area (Å²) < 4.78 is 5.24. The van der Waals surface area contributed by atoms with Crippen molar-refractivity contribution in [3.63, 3.8) is 0 Å². The number of non-ortho nitro benzene ring substituents is 1. The number of rotatable bonds is 4. The van der Waals surface area contributed by atoms with Crippen LogP contribution in [-0.4, -0.2) is 15.1 Å². The van der Waals surface area contributed by atoms with Crippen LogP contribution in [0.1, 0.15) is 25.7 Å². The van der Waals surface area contributed by atoms with Gasteiger partial charge in [0.25, 0.3) is 5.69 Å². The van der Waals surface area contributed by atoms with Crippen molar-refractivity contribution in [3.8, 4) is 11.4 Å². The number of aromatic nitrogens is 2. The highest BCUT2D eigenvalue weighted by Gasteiger charge is 2.43. The van der Waals surface area contributed by atoms with E-state index in [0.717, 1.165) is 12.8 Å². The first-order valence-corrected chi connectivity index (χ1v) is 6.36. The van der Waals surface area contributed by atoms with Crippen molar-refractivity contribution in [1.29, 1.82) is 0 Å². The third kappa shape index (κ3) is 2.16. The summed E-state index contributed by atoms with van der Waals surface area (Å²) in [6, 6.07) is 6.01. The number of hydrogen-bond acceptors (Lipinski definition) is 6. The minimum Gasteiger partial charge on any atom is -0.337 e. The molecule has 1 saturated carbocycles. The Morgan fingerprint density at radius 2 is 2.05 bits per heavy atom. The fourth-order valence-electron chi connectivity index (χ4n) is 2.15. The first-order valence-electron chi connectivity index (χ1n) is 6.36. The van der Waals surface area contributed by atoms with Crippen molar-refractivity contribution in [2.45, 2.75) is 25.3 Å². The van der Waals surface area contributed by atoms with E-state index in [4.69, 9.17) is 10.3 Å². The van der Waals surface area contributed by atoms with E-state index in [9.17, 15) is 10.1 Å². The molecule has 1 aromatic heterocycles. The van der Waals surface area contributed by atoms with Crippen LogP contribution in [0.15, 0.2) is 28.8 Å². The lowest BCUT2D eigenvalue weighted by atomic mass is 9.97. The van der Waals surface area contributed by atoms with Crippen molar-refractivity contribution in [1.82, 2.24) is 10.1 Å². The van der Waals surface area contributed by atoms with Crippen molar-refractivity contribution in [2.75, 3.05) is 0 Å². The Hall–Kier alpha value is -2.28. The molecule has 2 aromatic rings. The zero-order valence-electron chi connectivity index (χ0n) is 10.9. The minimum atomic E-state index is -0.605. The molecule has 1 heterocycles. The summed E-state index contributed by atoms with van der Waals surface area (Å²) in [4.78, 5) is 14.5. The lowest BCUT2D eigenvalue weighted by Gasteiger charge is -2.18. The quantitative estimate of drug-likeness (QED) is 0.676. The molecule has 104 valence electrons. The third-order valence-electron chi connectivity index (χ3n) is 3.65. The summed E-state index contributed by atoms with van der Waals surface area (Å²) >= 11 is 0. The van der Waals surface area contributed by atoms with Gasteiger partial charge in [0.1, 0.15) is 0 Å². The summed E-state index contributed by atoms with van der Waals surface area (Å²) in [6.07, 6.45) is 2.14. The molecule has 1 atom stereocenters. The second kappa shape index (κ2) is 4.38. The predicted octanol–water partition coefficient (Wildman–Crippen LogP) is 2.23. The molecule has 1 unspecified atom stereocenters. The topological polar surface area (TPSA) is 108 Å². The van der Waals surface area contributed by atoms with Gasteiger partial charge in [-0.05, 0) is 37.8 Å². The van der Waals surface area contributed by atoms with Crippen molar-refractivity contribution >= 4 is 5.69 Å². The Balaban J connectivity index is 1.88. The summed E-state index contributed by atoms with van der Waals surface area (Å²) in [6.45, 7) is 1.89. The van der Waals surface area contributed by atoms with Gasteiger partial charge in [-0.3, -0.25) is 10.1 Å². The van der Waals surface area contributed by atoms with Crippen LogP contribution >= 0.6 is 0 Å². The van der Waals surface area contributed by atoms with E-state index in [1.165, 1.54) is 12.1 Å². The summed E-state index contributed by atoms with van der Waals surface area (Å²) in [5.41, 5.74) is 6.30. The molecule has 0 saturated heterocycles. The van der Waals surface area contributed by atoms with E-state index in [2.05, 4.69) is 10.1 Å². The Labute approximate surface area is 114 Å². The van der Waals surface area contributed by atoms with E-state index >= 15 is 0 Å². The SMILES string of the molecule is CC(N)(c1nc(-c2ccc([N+](=O)[O-])cc2)no1)C1CC1. The van der Waals surface area contributed by atoms with Gasteiger partial charge >= 0.3 is 0 Å². The zero-order valence-corrected chi connectivity index (χ0v) is 10.9. The average molecular weight is 274 g/mol. The maximum absolute atomic E-state index is 10.6. The van der Waals surface area contributed by atoms with Gasteiger partial charge in [0, 0.05) is 17.7 Å². The highest BCUT2D eigenvalue weighted by atomic mass is 16.6. The first kappa shape index (κ1) is 12.7. The van der Waals surface area contributed by atoms with Crippen LogP contribution < -0.4 is 5.73 Å². The fraction of sp³-hybridized carbons (Fsp3) is 0.385.